The third-order valence-corrected chi connectivity index (χ3v) is 4.26. The van der Waals surface area contributed by atoms with Crippen LogP contribution in [-0.4, -0.2) is 30.8 Å². The van der Waals surface area contributed by atoms with Crippen LogP contribution in [0.3, 0.4) is 0 Å². The molecule has 1 fully saturated rings. The summed E-state index contributed by atoms with van der Waals surface area (Å²) in [5.41, 5.74) is 6.01. The van der Waals surface area contributed by atoms with Crippen LogP contribution in [0.5, 0.6) is 5.75 Å². The number of halogens is 3. The molecule has 1 saturated carbocycles. The molecule has 2 atom stereocenters. The number of alkyl halides is 3. The van der Waals surface area contributed by atoms with Crippen molar-refractivity contribution >= 4 is 5.91 Å². The molecular weight excluding hydrogens is 309 g/mol. The van der Waals surface area contributed by atoms with E-state index in [-0.39, 0.29) is 30.0 Å². The van der Waals surface area contributed by atoms with Gasteiger partial charge in [-0.05, 0) is 31.4 Å². The minimum atomic E-state index is -4.76. The Morgan fingerprint density at radius 1 is 1.35 bits per heavy atom. The topological polar surface area (TPSA) is 55.6 Å². The Kier molecular flexibility index (Phi) is 5.51. The zero-order chi connectivity index (χ0) is 17.0. The summed E-state index contributed by atoms with van der Waals surface area (Å²) < 4.78 is 41.4. The summed E-state index contributed by atoms with van der Waals surface area (Å²) in [5.74, 6) is -0.325. The molecule has 0 aromatic heterocycles. The minimum absolute atomic E-state index is 0.0683. The van der Waals surface area contributed by atoms with Gasteiger partial charge in [0.1, 0.15) is 5.75 Å². The average molecular weight is 330 g/mol. The fourth-order valence-corrected chi connectivity index (χ4v) is 3.12. The van der Waals surface area contributed by atoms with E-state index in [1.165, 1.54) is 23.1 Å². The van der Waals surface area contributed by atoms with Crippen molar-refractivity contribution in [2.45, 2.75) is 32.2 Å². The van der Waals surface area contributed by atoms with Crippen LogP contribution in [0.15, 0.2) is 24.3 Å². The van der Waals surface area contributed by atoms with Crippen molar-refractivity contribution < 1.29 is 22.7 Å². The van der Waals surface area contributed by atoms with E-state index < -0.39 is 6.36 Å². The van der Waals surface area contributed by atoms with Gasteiger partial charge in [0.15, 0.2) is 0 Å². The molecule has 0 radical (unpaired) electrons. The van der Waals surface area contributed by atoms with E-state index in [4.69, 9.17) is 5.73 Å². The average Bonchev–Trinajstić information content (AvgIpc) is 2.95. The molecule has 2 N–H and O–H groups in total. The van der Waals surface area contributed by atoms with Crippen molar-refractivity contribution in [3.63, 3.8) is 0 Å². The lowest BCUT2D eigenvalue weighted by molar-refractivity contribution is -0.275. The predicted molar refractivity (Wildman–Crippen MR) is 79.5 cm³/mol. The molecule has 1 amide bonds. The molecule has 1 aromatic rings. The number of ether oxygens (including phenoxy) is 1. The molecule has 0 unspecified atom stereocenters. The third-order valence-electron chi connectivity index (χ3n) is 4.26. The summed E-state index contributed by atoms with van der Waals surface area (Å²) in [4.78, 5) is 14.0. The maximum absolute atomic E-state index is 12.5. The Morgan fingerprint density at radius 2 is 2.04 bits per heavy atom. The summed E-state index contributed by atoms with van der Waals surface area (Å²) in [6, 6.07) is 5.86. The van der Waals surface area contributed by atoms with Crippen molar-refractivity contribution in [2.24, 2.45) is 17.6 Å². The number of nitrogens with zero attached hydrogens (tertiary/aromatic N) is 1. The number of amides is 1. The van der Waals surface area contributed by atoms with E-state index in [1.807, 2.05) is 0 Å². The minimum Gasteiger partial charge on any atom is -0.405 e. The highest BCUT2D eigenvalue weighted by Crippen LogP contribution is 2.33. The predicted octanol–water partition coefficient (Wildman–Crippen LogP) is 2.92. The first-order valence-electron chi connectivity index (χ1n) is 7.60. The molecule has 4 nitrogen and oxygen atoms in total. The number of para-hydroxylation sites is 1. The molecule has 0 saturated heterocycles. The quantitative estimate of drug-likeness (QED) is 0.903. The van der Waals surface area contributed by atoms with Crippen LogP contribution in [0.2, 0.25) is 0 Å². The largest absolute Gasteiger partial charge is 0.573 e. The highest BCUT2D eigenvalue weighted by molar-refractivity contribution is 5.79. The molecular formula is C16H21F3N2O2. The van der Waals surface area contributed by atoms with E-state index in [9.17, 15) is 18.0 Å². The fourth-order valence-electron chi connectivity index (χ4n) is 3.12. The number of carbonyl (C=O) groups is 1. The van der Waals surface area contributed by atoms with E-state index in [0.717, 1.165) is 19.3 Å². The SMILES string of the molecule is CN(Cc1ccccc1OC(F)(F)F)C(=O)[C@@H]1CCC[C@@H]1CN. The highest BCUT2D eigenvalue weighted by atomic mass is 19.4. The summed E-state index contributed by atoms with van der Waals surface area (Å²) in [7, 11) is 1.60. The Balaban J connectivity index is 2.08. The first kappa shape index (κ1) is 17.6. The second kappa shape index (κ2) is 7.21. The van der Waals surface area contributed by atoms with Gasteiger partial charge in [-0.1, -0.05) is 24.6 Å². The zero-order valence-corrected chi connectivity index (χ0v) is 13.0. The smallest absolute Gasteiger partial charge is 0.405 e. The molecule has 1 aliphatic rings. The van der Waals surface area contributed by atoms with E-state index in [0.29, 0.717) is 12.1 Å². The maximum atomic E-state index is 12.5. The first-order valence-corrected chi connectivity index (χ1v) is 7.60. The first-order chi connectivity index (χ1) is 10.8. The summed E-state index contributed by atoms with van der Waals surface area (Å²) in [6.07, 6.45) is -2.09. The molecule has 0 bridgehead atoms. The molecule has 23 heavy (non-hydrogen) atoms. The van der Waals surface area contributed by atoms with Gasteiger partial charge in [0.2, 0.25) is 5.91 Å². The number of benzene rings is 1. The number of nitrogens with two attached hydrogens (primary N) is 1. The van der Waals surface area contributed by atoms with Gasteiger partial charge in [0.05, 0.1) is 0 Å². The van der Waals surface area contributed by atoms with Crippen LogP contribution in [0.25, 0.3) is 0 Å². The van der Waals surface area contributed by atoms with Crippen molar-refractivity contribution in [1.29, 1.82) is 0 Å². The molecule has 2 rings (SSSR count). The Morgan fingerprint density at radius 3 is 2.70 bits per heavy atom. The monoisotopic (exact) mass is 330 g/mol. The maximum Gasteiger partial charge on any atom is 0.573 e. The molecule has 1 aliphatic carbocycles. The van der Waals surface area contributed by atoms with Gasteiger partial charge in [-0.25, -0.2) is 0 Å². The lowest BCUT2D eigenvalue weighted by Gasteiger charge is -2.25. The van der Waals surface area contributed by atoms with Gasteiger partial charge in [0.25, 0.3) is 0 Å². The molecule has 7 heteroatoms. The normalized spacial score (nSPS) is 21.3. The van der Waals surface area contributed by atoms with Crippen LogP contribution >= 0.6 is 0 Å². The van der Waals surface area contributed by atoms with Gasteiger partial charge in [0, 0.05) is 25.1 Å². The van der Waals surface area contributed by atoms with Crippen molar-refractivity contribution in [3.8, 4) is 5.75 Å². The van der Waals surface area contributed by atoms with Gasteiger partial charge < -0.3 is 15.4 Å². The van der Waals surface area contributed by atoms with Crippen molar-refractivity contribution in [2.75, 3.05) is 13.6 Å². The van der Waals surface area contributed by atoms with E-state index in [1.54, 1.807) is 13.1 Å². The van der Waals surface area contributed by atoms with Crippen LogP contribution < -0.4 is 10.5 Å². The van der Waals surface area contributed by atoms with Crippen molar-refractivity contribution in [1.82, 2.24) is 4.90 Å². The van der Waals surface area contributed by atoms with Crippen LogP contribution in [0.1, 0.15) is 24.8 Å². The number of carbonyl (C=O) groups excluding carboxylic acids is 1. The van der Waals surface area contributed by atoms with Crippen LogP contribution in [0.4, 0.5) is 13.2 Å². The number of hydrogen-bond donors (Lipinski definition) is 1. The number of hydrogen-bond acceptors (Lipinski definition) is 3. The molecule has 128 valence electrons. The lowest BCUT2D eigenvalue weighted by atomic mass is 9.94. The standard InChI is InChI=1S/C16H21F3N2O2/c1-21(15(22)13-7-4-6-11(13)9-20)10-12-5-2-3-8-14(12)23-16(17,18)19/h2-3,5,8,11,13H,4,6-7,9-10,20H2,1H3/t11-,13-/m1/s1. The molecule has 0 spiro atoms. The van der Waals surface area contributed by atoms with Gasteiger partial charge in [-0.15, -0.1) is 13.2 Å². The second-order valence-corrected chi connectivity index (χ2v) is 5.88. The Bertz CT molecular complexity index is 548. The van der Waals surface area contributed by atoms with Gasteiger partial charge in [-0.3, -0.25) is 4.79 Å². The Hall–Kier alpha value is -1.76. The fraction of sp³-hybridized carbons (Fsp3) is 0.562. The van der Waals surface area contributed by atoms with Crippen LogP contribution in [-0.2, 0) is 11.3 Å². The van der Waals surface area contributed by atoms with E-state index in [2.05, 4.69) is 4.74 Å². The van der Waals surface area contributed by atoms with Crippen LogP contribution in [0, 0.1) is 11.8 Å². The summed E-state index contributed by atoms with van der Waals surface area (Å²) in [6.45, 7) is 0.525. The van der Waals surface area contributed by atoms with E-state index >= 15 is 0 Å². The number of rotatable bonds is 5. The Labute approximate surface area is 133 Å². The van der Waals surface area contributed by atoms with Gasteiger partial charge >= 0.3 is 6.36 Å². The zero-order valence-electron chi connectivity index (χ0n) is 13.0. The van der Waals surface area contributed by atoms with Crippen molar-refractivity contribution in [3.05, 3.63) is 29.8 Å². The lowest BCUT2D eigenvalue weighted by Crippen LogP contribution is -2.36. The second-order valence-electron chi connectivity index (χ2n) is 5.88. The molecule has 0 aliphatic heterocycles. The molecule has 1 aromatic carbocycles. The summed E-state index contributed by atoms with van der Waals surface area (Å²) in [5, 5.41) is 0. The van der Waals surface area contributed by atoms with Gasteiger partial charge in [-0.2, -0.15) is 0 Å². The summed E-state index contributed by atoms with van der Waals surface area (Å²) >= 11 is 0. The molecule has 0 heterocycles. The third kappa shape index (κ3) is 4.60. The highest BCUT2D eigenvalue weighted by Gasteiger charge is 2.35.